The summed E-state index contributed by atoms with van der Waals surface area (Å²) < 4.78 is 9.46. The molecule has 4 aromatic rings. The standard InChI is InChI=1S/C25H25N5O2/c1-17-21-16-29(25(31)26-2)23(18-11-13-20(32-3)14-12-18)22-10-7-15-28(22)24(21)30(27-17)19-8-5-4-6-9-19/h4-15,23H,16H2,1-3H3,(H,26,31). The number of rotatable bonds is 3. The van der Waals surface area contributed by atoms with E-state index in [1.165, 1.54) is 0 Å². The summed E-state index contributed by atoms with van der Waals surface area (Å²) in [7, 11) is 3.32. The minimum absolute atomic E-state index is 0.140. The molecule has 1 aliphatic rings. The van der Waals surface area contributed by atoms with E-state index in [0.29, 0.717) is 6.54 Å². The third-order valence-electron chi connectivity index (χ3n) is 5.99. The minimum atomic E-state index is -0.271. The van der Waals surface area contributed by atoms with Gasteiger partial charge in [0.2, 0.25) is 0 Å². The Labute approximate surface area is 186 Å². The molecular formula is C25H25N5O2. The number of carbonyl (C=O) groups excluding carboxylic acids is 1. The van der Waals surface area contributed by atoms with Gasteiger partial charge in [-0.2, -0.15) is 5.10 Å². The maximum Gasteiger partial charge on any atom is 0.318 e. The lowest BCUT2D eigenvalue weighted by Gasteiger charge is -2.30. The van der Waals surface area contributed by atoms with Crippen LogP contribution in [0.2, 0.25) is 0 Å². The Morgan fingerprint density at radius 1 is 1.06 bits per heavy atom. The van der Waals surface area contributed by atoms with Gasteiger partial charge in [-0.05, 0) is 48.9 Å². The van der Waals surface area contributed by atoms with E-state index in [-0.39, 0.29) is 12.1 Å². The lowest BCUT2D eigenvalue weighted by molar-refractivity contribution is 0.182. The molecule has 1 atom stereocenters. The number of ether oxygens (including phenoxy) is 1. The number of benzene rings is 2. The van der Waals surface area contributed by atoms with Crippen LogP contribution in [-0.4, -0.2) is 39.4 Å². The van der Waals surface area contributed by atoms with Crippen molar-refractivity contribution in [1.29, 1.82) is 0 Å². The van der Waals surface area contributed by atoms with Crippen LogP contribution in [0.4, 0.5) is 4.79 Å². The van der Waals surface area contributed by atoms with E-state index in [9.17, 15) is 4.79 Å². The van der Waals surface area contributed by atoms with Crippen molar-refractivity contribution in [2.24, 2.45) is 0 Å². The lowest BCUT2D eigenvalue weighted by Crippen LogP contribution is -2.40. The molecule has 7 nitrogen and oxygen atoms in total. The zero-order valence-electron chi connectivity index (χ0n) is 18.3. The molecule has 162 valence electrons. The third-order valence-corrected chi connectivity index (χ3v) is 5.99. The van der Waals surface area contributed by atoms with Gasteiger partial charge in [0, 0.05) is 18.8 Å². The average molecular weight is 428 g/mol. The number of urea groups is 1. The second kappa shape index (κ2) is 7.92. The molecule has 7 heteroatoms. The van der Waals surface area contributed by atoms with Gasteiger partial charge in [-0.3, -0.25) is 0 Å². The van der Waals surface area contributed by atoms with Gasteiger partial charge in [-0.1, -0.05) is 30.3 Å². The molecule has 0 saturated carbocycles. The molecule has 3 heterocycles. The number of nitrogens with zero attached hydrogens (tertiary/aromatic N) is 4. The third kappa shape index (κ3) is 3.13. The second-order valence-corrected chi connectivity index (χ2v) is 7.80. The SMILES string of the molecule is CNC(=O)N1Cc2c(C)nn(-c3ccccc3)c2-n2cccc2C1c1ccc(OC)cc1. The van der Waals surface area contributed by atoms with Crippen molar-refractivity contribution in [3.8, 4) is 17.3 Å². The topological polar surface area (TPSA) is 64.3 Å². The Morgan fingerprint density at radius 2 is 1.81 bits per heavy atom. The fraction of sp³-hybridized carbons (Fsp3) is 0.200. The highest BCUT2D eigenvalue weighted by Crippen LogP contribution is 2.38. The van der Waals surface area contributed by atoms with Crippen LogP contribution >= 0.6 is 0 Å². The van der Waals surface area contributed by atoms with Crippen molar-refractivity contribution in [3.05, 3.63) is 95.4 Å². The molecule has 0 radical (unpaired) electrons. The molecule has 2 aromatic heterocycles. The largest absolute Gasteiger partial charge is 0.497 e. The summed E-state index contributed by atoms with van der Waals surface area (Å²) in [5, 5.41) is 7.67. The van der Waals surface area contributed by atoms with Crippen LogP contribution in [-0.2, 0) is 6.54 Å². The summed E-state index contributed by atoms with van der Waals surface area (Å²) in [5.41, 5.74) is 4.90. The molecule has 2 aromatic carbocycles. The number of carbonyl (C=O) groups is 1. The first-order valence-electron chi connectivity index (χ1n) is 10.6. The Hall–Kier alpha value is -4.00. The van der Waals surface area contributed by atoms with Gasteiger partial charge in [0.25, 0.3) is 0 Å². The number of aryl methyl sites for hydroxylation is 1. The summed E-state index contributed by atoms with van der Waals surface area (Å²) in [6, 6.07) is 21.6. The van der Waals surface area contributed by atoms with Crippen molar-refractivity contribution < 1.29 is 9.53 Å². The van der Waals surface area contributed by atoms with E-state index in [0.717, 1.165) is 39.8 Å². The van der Waals surface area contributed by atoms with Crippen molar-refractivity contribution in [2.45, 2.75) is 19.5 Å². The first-order valence-corrected chi connectivity index (χ1v) is 10.6. The van der Waals surface area contributed by atoms with Crippen molar-refractivity contribution in [2.75, 3.05) is 14.2 Å². The number of methoxy groups -OCH3 is 1. The second-order valence-electron chi connectivity index (χ2n) is 7.80. The Morgan fingerprint density at radius 3 is 2.50 bits per heavy atom. The van der Waals surface area contributed by atoms with Gasteiger partial charge in [-0.25, -0.2) is 9.48 Å². The van der Waals surface area contributed by atoms with Crippen LogP contribution in [0.5, 0.6) is 5.75 Å². The molecule has 5 rings (SSSR count). The number of hydrogen-bond donors (Lipinski definition) is 1. The predicted molar refractivity (Wildman–Crippen MR) is 122 cm³/mol. The normalized spacial score (nSPS) is 15.0. The Bertz CT molecular complexity index is 1260. The number of amides is 2. The van der Waals surface area contributed by atoms with E-state index < -0.39 is 0 Å². The zero-order chi connectivity index (χ0) is 22.2. The quantitative estimate of drug-likeness (QED) is 0.532. The summed E-state index contributed by atoms with van der Waals surface area (Å²) >= 11 is 0. The van der Waals surface area contributed by atoms with Crippen LogP contribution in [0, 0.1) is 6.92 Å². The summed E-state index contributed by atoms with van der Waals surface area (Å²) in [6.45, 7) is 2.43. The molecule has 0 spiro atoms. The van der Waals surface area contributed by atoms with Gasteiger partial charge in [0.1, 0.15) is 11.6 Å². The molecule has 2 amide bonds. The molecule has 1 N–H and O–H groups in total. The van der Waals surface area contributed by atoms with Gasteiger partial charge in [0.15, 0.2) is 0 Å². The van der Waals surface area contributed by atoms with Gasteiger partial charge < -0.3 is 19.5 Å². The molecular weight excluding hydrogens is 402 g/mol. The van der Waals surface area contributed by atoms with Crippen LogP contribution in [0.25, 0.3) is 11.5 Å². The highest BCUT2D eigenvalue weighted by atomic mass is 16.5. The maximum absolute atomic E-state index is 13.1. The van der Waals surface area contributed by atoms with Crippen molar-refractivity contribution in [1.82, 2.24) is 24.6 Å². The van der Waals surface area contributed by atoms with Crippen molar-refractivity contribution >= 4 is 6.03 Å². The summed E-state index contributed by atoms with van der Waals surface area (Å²) in [4.78, 5) is 15.0. The average Bonchev–Trinajstić information content (AvgIpc) is 3.40. The number of para-hydroxylation sites is 1. The molecule has 1 aliphatic heterocycles. The van der Waals surface area contributed by atoms with Crippen LogP contribution < -0.4 is 10.1 Å². The fourth-order valence-corrected chi connectivity index (χ4v) is 4.43. The van der Waals surface area contributed by atoms with E-state index >= 15 is 0 Å². The van der Waals surface area contributed by atoms with Gasteiger partial charge >= 0.3 is 6.03 Å². The van der Waals surface area contributed by atoms with E-state index in [2.05, 4.69) is 16.0 Å². The molecule has 0 aliphatic carbocycles. The van der Waals surface area contributed by atoms with Crippen LogP contribution in [0.1, 0.15) is 28.6 Å². The van der Waals surface area contributed by atoms with Gasteiger partial charge in [-0.15, -0.1) is 0 Å². The first kappa shape index (κ1) is 19.9. The predicted octanol–water partition coefficient (Wildman–Crippen LogP) is 4.22. The number of aromatic nitrogens is 3. The molecule has 0 fully saturated rings. The number of nitrogens with one attached hydrogen (secondary N) is 1. The number of hydrogen-bond acceptors (Lipinski definition) is 3. The molecule has 0 saturated heterocycles. The summed E-state index contributed by atoms with van der Waals surface area (Å²) in [5.74, 6) is 1.74. The fourth-order valence-electron chi connectivity index (χ4n) is 4.43. The van der Waals surface area contributed by atoms with Crippen LogP contribution in [0.3, 0.4) is 0 Å². The minimum Gasteiger partial charge on any atom is -0.497 e. The smallest absolute Gasteiger partial charge is 0.318 e. The Kier molecular flexibility index (Phi) is 4.93. The molecule has 1 unspecified atom stereocenters. The van der Waals surface area contributed by atoms with Gasteiger partial charge in [0.05, 0.1) is 36.8 Å². The Balaban J connectivity index is 1.75. The first-order chi connectivity index (χ1) is 15.6. The lowest BCUT2D eigenvalue weighted by atomic mass is 10.0. The summed E-state index contributed by atoms with van der Waals surface area (Å²) in [6.07, 6.45) is 2.04. The highest BCUT2D eigenvalue weighted by Gasteiger charge is 2.35. The monoisotopic (exact) mass is 427 g/mol. The molecule has 0 bridgehead atoms. The zero-order valence-corrected chi connectivity index (χ0v) is 18.3. The van der Waals surface area contributed by atoms with E-state index in [4.69, 9.17) is 9.84 Å². The highest BCUT2D eigenvalue weighted by molar-refractivity contribution is 5.75. The maximum atomic E-state index is 13.1. The van der Waals surface area contributed by atoms with E-state index in [1.807, 2.05) is 83.4 Å². The molecule has 32 heavy (non-hydrogen) atoms. The van der Waals surface area contributed by atoms with Crippen LogP contribution in [0.15, 0.2) is 72.9 Å². The number of fused-ring (bicyclic) bond motifs is 3. The van der Waals surface area contributed by atoms with E-state index in [1.54, 1.807) is 14.2 Å². The van der Waals surface area contributed by atoms with Crippen molar-refractivity contribution in [3.63, 3.8) is 0 Å².